The predicted molar refractivity (Wildman–Crippen MR) is 117 cm³/mol. The van der Waals surface area contributed by atoms with Gasteiger partial charge in [-0.2, -0.15) is 4.31 Å². The molecule has 1 aromatic carbocycles. The second kappa shape index (κ2) is 8.43. The van der Waals surface area contributed by atoms with E-state index in [4.69, 9.17) is 4.74 Å². The number of aromatic amines is 1. The maximum atomic E-state index is 13.1. The molecule has 0 amide bonds. The van der Waals surface area contributed by atoms with E-state index in [1.165, 1.54) is 10.4 Å². The number of nitrogens with zero attached hydrogens (tertiary/aromatic N) is 4. The van der Waals surface area contributed by atoms with Crippen molar-refractivity contribution in [3.8, 4) is 17.1 Å². The van der Waals surface area contributed by atoms with E-state index in [0.29, 0.717) is 54.5 Å². The summed E-state index contributed by atoms with van der Waals surface area (Å²) < 4.78 is 34.9. The third-order valence-electron chi connectivity index (χ3n) is 5.43. The first-order valence-electron chi connectivity index (χ1n) is 10.6. The van der Waals surface area contributed by atoms with Crippen LogP contribution < -0.4 is 10.3 Å². The van der Waals surface area contributed by atoms with Gasteiger partial charge in [-0.25, -0.2) is 17.9 Å². The summed E-state index contributed by atoms with van der Waals surface area (Å²) >= 11 is 0. The van der Waals surface area contributed by atoms with Crippen molar-refractivity contribution in [3.63, 3.8) is 0 Å². The van der Waals surface area contributed by atoms with E-state index in [0.717, 1.165) is 19.3 Å². The van der Waals surface area contributed by atoms with Gasteiger partial charge in [-0.1, -0.05) is 6.92 Å². The van der Waals surface area contributed by atoms with Crippen molar-refractivity contribution in [3.05, 3.63) is 40.1 Å². The zero-order chi connectivity index (χ0) is 22.2. The van der Waals surface area contributed by atoms with Crippen LogP contribution in [-0.2, 0) is 16.4 Å². The Morgan fingerprint density at radius 2 is 1.94 bits per heavy atom. The lowest BCUT2D eigenvalue weighted by Crippen LogP contribution is -2.27. The average molecular weight is 446 g/mol. The highest BCUT2D eigenvalue weighted by Gasteiger charge is 2.28. The van der Waals surface area contributed by atoms with Crippen LogP contribution in [0.15, 0.2) is 27.9 Å². The predicted octanol–water partition coefficient (Wildman–Crippen LogP) is 2.53. The minimum Gasteiger partial charge on any atom is -0.493 e. The van der Waals surface area contributed by atoms with Crippen molar-refractivity contribution in [2.75, 3.05) is 19.7 Å². The first-order valence-corrected chi connectivity index (χ1v) is 12.1. The van der Waals surface area contributed by atoms with Crippen LogP contribution in [0.4, 0.5) is 0 Å². The number of hydrogen-bond acceptors (Lipinski definition) is 6. The fourth-order valence-corrected chi connectivity index (χ4v) is 5.50. The van der Waals surface area contributed by atoms with E-state index in [-0.39, 0.29) is 16.3 Å². The number of rotatable bonds is 7. The monoisotopic (exact) mass is 445 g/mol. The summed E-state index contributed by atoms with van der Waals surface area (Å²) in [5.41, 5.74) is 1.10. The second-order valence-corrected chi connectivity index (χ2v) is 9.57. The first kappa shape index (κ1) is 21.5. The summed E-state index contributed by atoms with van der Waals surface area (Å²) in [5, 5.41) is 4.62. The standard InChI is InChI=1S/C21H27N5O4S/c1-4-8-18-22-14(3)19-21(27)23-20(24-26(18)19)16-13-15(9-10-17(16)30-5-2)31(28,29)25-11-6-7-12-25/h9-10,13H,4-8,11-12H2,1-3H3,(H,23,24,27). The van der Waals surface area contributed by atoms with E-state index in [1.807, 2.05) is 13.8 Å². The molecule has 0 spiro atoms. The second-order valence-electron chi connectivity index (χ2n) is 7.63. The Morgan fingerprint density at radius 1 is 1.19 bits per heavy atom. The number of imidazole rings is 1. The van der Waals surface area contributed by atoms with Crippen molar-refractivity contribution < 1.29 is 13.2 Å². The molecule has 1 N–H and O–H groups in total. The molecular formula is C21H27N5O4S. The van der Waals surface area contributed by atoms with Crippen LogP contribution in [0, 0.1) is 6.92 Å². The molecule has 0 unspecified atom stereocenters. The number of nitrogens with one attached hydrogen (secondary N) is 1. The summed E-state index contributed by atoms with van der Waals surface area (Å²) in [5.74, 6) is 1.40. The zero-order valence-corrected chi connectivity index (χ0v) is 18.8. The van der Waals surface area contributed by atoms with Crippen molar-refractivity contribution in [2.24, 2.45) is 0 Å². The molecule has 0 aliphatic carbocycles. The van der Waals surface area contributed by atoms with Gasteiger partial charge in [0, 0.05) is 19.5 Å². The average Bonchev–Trinajstić information content (AvgIpc) is 3.38. The molecule has 31 heavy (non-hydrogen) atoms. The van der Waals surface area contributed by atoms with Crippen LogP contribution >= 0.6 is 0 Å². The molecule has 9 nitrogen and oxygen atoms in total. The molecule has 1 aliphatic heterocycles. The van der Waals surface area contributed by atoms with Crippen molar-refractivity contribution in [1.29, 1.82) is 0 Å². The van der Waals surface area contributed by atoms with Crippen LogP contribution in [-0.4, -0.2) is 52.0 Å². The maximum absolute atomic E-state index is 13.1. The van der Waals surface area contributed by atoms with Gasteiger partial charge < -0.3 is 9.72 Å². The number of fused-ring (bicyclic) bond motifs is 1. The van der Waals surface area contributed by atoms with E-state index >= 15 is 0 Å². The van der Waals surface area contributed by atoms with Crippen molar-refractivity contribution in [1.82, 2.24) is 23.9 Å². The van der Waals surface area contributed by atoms with Crippen LogP contribution in [0.2, 0.25) is 0 Å². The van der Waals surface area contributed by atoms with Gasteiger partial charge >= 0.3 is 0 Å². The van der Waals surface area contributed by atoms with Crippen molar-refractivity contribution in [2.45, 2.75) is 51.3 Å². The summed E-state index contributed by atoms with van der Waals surface area (Å²) in [6.45, 7) is 7.07. The third kappa shape index (κ3) is 3.85. The summed E-state index contributed by atoms with van der Waals surface area (Å²) in [7, 11) is -3.63. The van der Waals surface area contributed by atoms with Gasteiger partial charge in [-0.3, -0.25) is 4.79 Å². The third-order valence-corrected chi connectivity index (χ3v) is 7.32. The lowest BCUT2D eigenvalue weighted by Gasteiger charge is -2.17. The molecule has 0 saturated carbocycles. The van der Waals surface area contributed by atoms with Crippen LogP contribution in [0.1, 0.15) is 44.6 Å². The van der Waals surface area contributed by atoms with Gasteiger partial charge in [0.2, 0.25) is 10.0 Å². The lowest BCUT2D eigenvalue weighted by atomic mass is 10.2. The Balaban J connectivity index is 1.90. The number of aromatic nitrogens is 4. The summed E-state index contributed by atoms with van der Waals surface area (Å²) in [6, 6.07) is 4.70. The number of benzene rings is 1. The highest BCUT2D eigenvalue weighted by atomic mass is 32.2. The van der Waals surface area contributed by atoms with Gasteiger partial charge in [-0.15, -0.1) is 5.10 Å². The molecule has 0 bridgehead atoms. The van der Waals surface area contributed by atoms with Gasteiger partial charge in [0.25, 0.3) is 5.56 Å². The van der Waals surface area contributed by atoms with E-state index < -0.39 is 10.0 Å². The molecule has 4 rings (SSSR count). The van der Waals surface area contributed by atoms with Gasteiger partial charge in [0.1, 0.15) is 11.6 Å². The first-order chi connectivity index (χ1) is 14.9. The molecule has 166 valence electrons. The van der Waals surface area contributed by atoms with Gasteiger partial charge in [-0.05, 0) is 51.3 Å². The fraction of sp³-hybridized carbons (Fsp3) is 0.476. The molecule has 1 saturated heterocycles. The number of aryl methyl sites for hydroxylation is 2. The molecule has 10 heteroatoms. The normalized spacial score (nSPS) is 15.1. The van der Waals surface area contributed by atoms with Crippen LogP contribution in [0.25, 0.3) is 16.9 Å². The smallest absolute Gasteiger partial charge is 0.277 e. The van der Waals surface area contributed by atoms with Crippen LogP contribution in [0.5, 0.6) is 5.75 Å². The Kier molecular flexibility index (Phi) is 5.85. The Morgan fingerprint density at radius 3 is 2.61 bits per heavy atom. The summed E-state index contributed by atoms with van der Waals surface area (Å²) in [4.78, 5) is 20.3. The zero-order valence-electron chi connectivity index (χ0n) is 18.0. The van der Waals surface area contributed by atoms with Crippen LogP contribution in [0.3, 0.4) is 0 Å². The number of H-pyrrole nitrogens is 1. The molecule has 1 fully saturated rings. The molecule has 3 heterocycles. The van der Waals surface area contributed by atoms with E-state index in [1.54, 1.807) is 23.6 Å². The molecule has 0 atom stereocenters. The van der Waals surface area contributed by atoms with Gasteiger partial charge in [0.15, 0.2) is 11.3 Å². The topological polar surface area (TPSA) is 110 Å². The molecule has 1 aliphatic rings. The number of sulfonamides is 1. The van der Waals surface area contributed by atoms with E-state index in [9.17, 15) is 13.2 Å². The highest BCUT2D eigenvalue weighted by molar-refractivity contribution is 7.89. The number of ether oxygens (including phenoxy) is 1. The molecular weight excluding hydrogens is 418 g/mol. The quantitative estimate of drug-likeness (QED) is 0.598. The Hall–Kier alpha value is -2.72. The lowest BCUT2D eigenvalue weighted by molar-refractivity contribution is 0.341. The fourth-order valence-electron chi connectivity index (χ4n) is 3.96. The van der Waals surface area contributed by atoms with E-state index in [2.05, 4.69) is 15.1 Å². The Bertz CT molecular complexity index is 1270. The highest BCUT2D eigenvalue weighted by Crippen LogP contribution is 2.32. The molecule has 0 radical (unpaired) electrons. The maximum Gasteiger partial charge on any atom is 0.277 e. The minimum atomic E-state index is -3.63. The van der Waals surface area contributed by atoms with Crippen molar-refractivity contribution >= 4 is 15.5 Å². The minimum absolute atomic E-state index is 0.159. The molecule has 2 aromatic heterocycles. The largest absolute Gasteiger partial charge is 0.493 e. The number of hydrogen-bond donors (Lipinski definition) is 1. The SMILES string of the molecule is CCCc1nc(C)c2c(=O)[nH]c(-c3cc(S(=O)(=O)N4CCCC4)ccc3OCC)nn12. The summed E-state index contributed by atoms with van der Waals surface area (Å²) in [6.07, 6.45) is 3.24. The Labute approximate surface area is 181 Å². The van der Waals surface area contributed by atoms with Gasteiger partial charge in [0.05, 0.1) is 22.8 Å². The molecule has 3 aromatic rings.